The summed E-state index contributed by atoms with van der Waals surface area (Å²) in [5.74, 6) is 0.0849. The summed E-state index contributed by atoms with van der Waals surface area (Å²) in [5.41, 5.74) is 11.7. The van der Waals surface area contributed by atoms with Crippen LogP contribution in [0.5, 0.6) is 0 Å². The van der Waals surface area contributed by atoms with Gasteiger partial charge in [0.15, 0.2) is 0 Å². The lowest BCUT2D eigenvalue weighted by Gasteiger charge is -2.16. The van der Waals surface area contributed by atoms with Gasteiger partial charge in [-0.05, 0) is 72.6 Å². The van der Waals surface area contributed by atoms with Crippen LogP contribution in [-0.4, -0.2) is 39.1 Å². The molecule has 0 saturated carbocycles. The minimum Gasteiger partial charge on any atom is -0.388 e. The lowest BCUT2D eigenvalue weighted by molar-refractivity contribution is -0.109. The quantitative estimate of drug-likeness (QED) is 0.399. The summed E-state index contributed by atoms with van der Waals surface area (Å²) in [5, 5.41) is 2.81. The summed E-state index contributed by atoms with van der Waals surface area (Å²) < 4.78 is 16.2. The van der Waals surface area contributed by atoms with Crippen LogP contribution < -0.4 is 10.8 Å². The number of amides is 1. The highest BCUT2D eigenvalue weighted by atomic mass is 31.2. The van der Waals surface area contributed by atoms with Gasteiger partial charge in [-0.1, -0.05) is 38.1 Å². The Morgan fingerprint density at radius 3 is 2.18 bits per heavy atom. The standard InChI is InChI=1S/C24H33N2O3P.C2H6O/c1-16(2)9-22(14-27)26-24(28)21-8-6-7-19(12-21)13-23-17(3)10-20(11-18(23)4)15-30(5,25)29;1-3-2/h6-8,10-12,14,16,22H,9,13,15H2,1-5H3,(H2,25,29)(H,26,28);1-2H3/t22-,30?;/m0./s1. The molecule has 0 aliphatic rings. The molecule has 0 aromatic heterocycles. The molecule has 2 rings (SSSR count). The molecule has 2 aromatic carbocycles. The van der Waals surface area contributed by atoms with Gasteiger partial charge in [0, 0.05) is 32.6 Å². The summed E-state index contributed by atoms with van der Waals surface area (Å²) >= 11 is 0. The van der Waals surface area contributed by atoms with Crippen LogP contribution in [0.3, 0.4) is 0 Å². The predicted molar refractivity (Wildman–Crippen MR) is 136 cm³/mol. The van der Waals surface area contributed by atoms with E-state index in [1.807, 2.05) is 58.0 Å². The molecule has 0 spiro atoms. The summed E-state index contributed by atoms with van der Waals surface area (Å²) in [6.07, 6.45) is 2.49. The number of carbonyl (C=O) groups is 2. The van der Waals surface area contributed by atoms with Crippen molar-refractivity contribution in [3.8, 4) is 0 Å². The van der Waals surface area contributed by atoms with Crippen molar-refractivity contribution >= 4 is 19.5 Å². The number of rotatable bonds is 9. The number of hydrogen-bond donors (Lipinski definition) is 2. The van der Waals surface area contributed by atoms with E-state index in [0.29, 0.717) is 30.5 Å². The van der Waals surface area contributed by atoms with Crippen molar-refractivity contribution in [1.29, 1.82) is 0 Å². The van der Waals surface area contributed by atoms with Crippen molar-refractivity contribution in [2.75, 3.05) is 20.9 Å². The Kier molecular flexibility index (Phi) is 11.7. The topological polar surface area (TPSA) is 98.5 Å². The molecule has 33 heavy (non-hydrogen) atoms. The van der Waals surface area contributed by atoms with Crippen LogP contribution in [0.4, 0.5) is 0 Å². The van der Waals surface area contributed by atoms with E-state index in [0.717, 1.165) is 28.5 Å². The Balaban J connectivity index is 0.00000172. The molecule has 0 aliphatic heterocycles. The Morgan fingerprint density at radius 2 is 1.70 bits per heavy atom. The van der Waals surface area contributed by atoms with Crippen molar-refractivity contribution in [2.45, 2.75) is 52.7 Å². The smallest absolute Gasteiger partial charge is 0.251 e. The van der Waals surface area contributed by atoms with Gasteiger partial charge in [0.1, 0.15) is 13.6 Å². The van der Waals surface area contributed by atoms with Gasteiger partial charge in [0.2, 0.25) is 0 Å². The fourth-order valence-electron chi connectivity index (χ4n) is 3.75. The van der Waals surface area contributed by atoms with Crippen LogP contribution in [0.25, 0.3) is 0 Å². The normalized spacial score (nSPS) is 13.5. The first kappa shape index (κ1) is 28.8. The van der Waals surface area contributed by atoms with Crippen LogP contribution in [0, 0.1) is 19.8 Å². The maximum atomic E-state index is 12.6. The molecule has 2 atom stereocenters. The average molecular weight is 475 g/mol. The largest absolute Gasteiger partial charge is 0.388 e. The highest BCUT2D eigenvalue weighted by Gasteiger charge is 2.16. The maximum Gasteiger partial charge on any atom is 0.251 e. The number of hydrogen-bond acceptors (Lipinski definition) is 4. The fourth-order valence-corrected chi connectivity index (χ4v) is 4.66. The number of methoxy groups -OCH3 is 1. The van der Waals surface area contributed by atoms with Gasteiger partial charge in [-0.25, -0.2) is 0 Å². The number of nitrogens with one attached hydrogen (secondary N) is 1. The zero-order chi connectivity index (χ0) is 25.2. The monoisotopic (exact) mass is 474 g/mol. The van der Waals surface area contributed by atoms with Crippen LogP contribution >= 0.6 is 7.29 Å². The van der Waals surface area contributed by atoms with Gasteiger partial charge in [0.25, 0.3) is 5.91 Å². The third kappa shape index (κ3) is 10.5. The Morgan fingerprint density at radius 1 is 1.12 bits per heavy atom. The van der Waals surface area contributed by atoms with Gasteiger partial charge in [-0.2, -0.15) is 0 Å². The molecule has 0 fully saturated rings. The zero-order valence-electron chi connectivity index (χ0n) is 21.0. The second kappa shape index (κ2) is 13.4. The molecule has 0 aliphatic carbocycles. The average Bonchev–Trinajstić information content (AvgIpc) is 2.69. The fraction of sp³-hybridized carbons (Fsp3) is 0.462. The first-order valence-electron chi connectivity index (χ1n) is 11.1. The number of nitrogens with two attached hydrogens (primary N) is 1. The van der Waals surface area contributed by atoms with Gasteiger partial charge in [-0.3, -0.25) is 10.3 Å². The van der Waals surface area contributed by atoms with Crippen molar-refractivity contribution in [1.82, 2.24) is 5.32 Å². The van der Waals surface area contributed by atoms with E-state index in [1.54, 1.807) is 27.0 Å². The molecular weight excluding hydrogens is 435 g/mol. The molecule has 3 N–H and O–H groups in total. The number of carbonyl (C=O) groups excluding carboxylic acids is 2. The van der Waals surface area contributed by atoms with Crippen molar-refractivity contribution in [2.24, 2.45) is 11.4 Å². The first-order chi connectivity index (χ1) is 15.4. The molecule has 7 heteroatoms. The lowest BCUT2D eigenvalue weighted by Crippen LogP contribution is -2.37. The van der Waals surface area contributed by atoms with E-state index < -0.39 is 13.3 Å². The van der Waals surface area contributed by atoms with Gasteiger partial charge in [0.05, 0.1) is 6.04 Å². The van der Waals surface area contributed by atoms with Crippen molar-refractivity contribution in [3.05, 3.63) is 69.8 Å². The lowest BCUT2D eigenvalue weighted by atomic mass is 9.93. The molecule has 0 radical (unpaired) electrons. The van der Waals surface area contributed by atoms with E-state index in [4.69, 9.17) is 5.50 Å². The van der Waals surface area contributed by atoms with Crippen LogP contribution in [0.1, 0.15) is 58.4 Å². The molecular formula is C26H39N2O4P. The number of aldehydes is 1. The predicted octanol–water partition coefficient (Wildman–Crippen LogP) is 4.87. The van der Waals surface area contributed by atoms with Crippen LogP contribution in [0.15, 0.2) is 36.4 Å². The molecule has 1 unspecified atom stereocenters. The third-order valence-electron chi connectivity index (χ3n) is 5.03. The Bertz CT molecular complexity index is 959. The summed E-state index contributed by atoms with van der Waals surface area (Å²) in [6.45, 7) is 9.72. The SMILES string of the molecule is COC.Cc1cc(CP(C)(N)=O)cc(C)c1Cc1cccc(C(=O)N[C@H](C=O)CC(C)C)c1. The minimum atomic E-state index is -2.62. The van der Waals surface area contributed by atoms with E-state index in [1.165, 1.54) is 5.56 Å². The number of benzene rings is 2. The van der Waals surface area contributed by atoms with Crippen molar-refractivity contribution in [3.63, 3.8) is 0 Å². The van der Waals surface area contributed by atoms with Crippen LogP contribution in [0.2, 0.25) is 0 Å². The molecule has 0 saturated heterocycles. The van der Waals surface area contributed by atoms with Crippen molar-refractivity contribution < 1.29 is 18.9 Å². The van der Waals surface area contributed by atoms with E-state index in [2.05, 4.69) is 10.1 Å². The molecule has 1 amide bonds. The summed E-state index contributed by atoms with van der Waals surface area (Å²) in [4.78, 5) is 23.9. The Labute approximate surface area is 198 Å². The summed E-state index contributed by atoms with van der Waals surface area (Å²) in [7, 11) is 0.631. The first-order valence-corrected chi connectivity index (χ1v) is 13.5. The second-order valence-electron chi connectivity index (χ2n) is 9.17. The molecule has 6 nitrogen and oxygen atoms in total. The molecule has 182 valence electrons. The maximum absolute atomic E-state index is 12.6. The number of ether oxygens (including phenoxy) is 1. The third-order valence-corrected chi connectivity index (χ3v) is 6.02. The van der Waals surface area contributed by atoms with E-state index >= 15 is 0 Å². The van der Waals surface area contributed by atoms with Gasteiger partial charge < -0.3 is 19.4 Å². The zero-order valence-corrected chi connectivity index (χ0v) is 21.9. The van der Waals surface area contributed by atoms with E-state index in [-0.39, 0.29) is 5.91 Å². The van der Waals surface area contributed by atoms with Crippen LogP contribution in [-0.2, 0) is 26.7 Å². The van der Waals surface area contributed by atoms with Gasteiger partial charge in [-0.15, -0.1) is 0 Å². The van der Waals surface area contributed by atoms with E-state index in [9.17, 15) is 14.2 Å². The minimum absolute atomic E-state index is 0.236. The molecule has 0 heterocycles. The highest BCUT2D eigenvalue weighted by Crippen LogP contribution is 2.36. The summed E-state index contributed by atoms with van der Waals surface area (Å²) in [6, 6.07) is 11.1. The molecule has 0 bridgehead atoms. The Hall–Kier alpha value is -2.27. The molecule has 2 aromatic rings. The number of aryl methyl sites for hydroxylation is 2. The van der Waals surface area contributed by atoms with Gasteiger partial charge >= 0.3 is 0 Å². The second-order valence-corrected chi connectivity index (χ2v) is 11.8. The highest BCUT2D eigenvalue weighted by molar-refractivity contribution is 7.59.